The second kappa shape index (κ2) is 31.0. The standard InChI is InChI=1S/C61H104N10O13/c1-19-40-29-46(71(32-40)61(83)50(37(11)12)67(17)59(81)47(72)20-2)58(80)68(18)51-39(14)84-48(73)30-62-52(74)44(27-35(7)8)65(15)57(79)43-22-21-25-69(43)60(82)49(36(9)10)66(16)55(77)41(24-23-33(3)4)63-53(75)45-28-38(13)31-70(45)56(78)42(26-34(5)6)64-54(51)76/h33-47,49-51,72H,19-32H2,1-18H3,(H,62,74)(H,63,75)(H,64,76)/t38?,39-,40?,41-,42+,43-,44+,45-,46-,47?,49+,50-,51-/m0/s1. The summed E-state index contributed by atoms with van der Waals surface area (Å²) in [5.41, 5.74) is 0. The van der Waals surface area contributed by atoms with Crippen LogP contribution in [0.15, 0.2) is 0 Å². The topological polar surface area (TPSA) is 276 Å². The van der Waals surface area contributed by atoms with Crippen molar-refractivity contribution in [3.63, 3.8) is 0 Å². The molecular weight excluding hydrogens is 1080 g/mol. The van der Waals surface area contributed by atoms with E-state index in [4.69, 9.17) is 4.74 Å². The molecular formula is C61H104N10O13. The van der Waals surface area contributed by atoms with Crippen LogP contribution in [0.1, 0.15) is 161 Å². The average molecular weight is 1190 g/mol. The van der Waals surface area contributed by atoms with E-state index in [1.807, 2.05) is 55.4 Å². The number of ether oxygens (including phenoxy) is 1. The molecule has 0 radical (unpaired) electrons. The zero-order chi connectivity index (χ0) is 63.5. The Morgan fingerprint density at radius 3 is 1.89 bits per heavy atom. The molecule has 4 aliphatic rings. The van der Waals surface area contributed by atoms with Crippen molar-refractivity contribution in [2.45, 2.75) is 228 Å². The number of esters is 1. The molecule has 13 atom stereocenters. The number of fused-ring (bicyclic) bond motifs is 2. The number of aliphatic hydroxyl groups excluding tert-OH is 1. The van der Waals surface area contributed by atoms with Gasteiger partial charge in [0, 0.05) is 47.8 Å². The Balaban J connectivity index is 1.89. The number of rotatable bonds is 16. The summed E-state index contributed by atoms with van der Waals surface area (Å²) in [6.45, 7) is 25.1. The highest BCUT2D eigenvalue weighted by Crippen LogP contribution is 2.32. The summed E-state index contributed by atoms with van der Waals surface area (Å²) in [7, 11) is 5.77. The summed E-state index contributed by atoms with van der Waals surface area (Å²) >= 11 is 0. The molecule has 476 valence electrons. The van der Waals surface area contributed by atoms with Gasteiger partial charge in [-0.2, -0.15) is 0 Å². The first kappa shape index (κ1) is 70.6. The minimum atomic E-state index is -1.66. The largest absolute Gasteiger partial charge is 0.459 e. The molecule has 0 aromatic carbocycles. The summed E-state index contributed by atoms with van der Waals surface area (Å²) in [5, 5.41) is 19.0. The van der Waals surface area contributed by atoms with E-state index < -0.39 is 150 Å². The van der Waals surface area contributed by atoms with Crippen molar-refractivity contribution in [3.05, 3.63) is 0 Å². The third-order valence-electron chi connectivity index (χ3n) is 17.4. The lowest BCUT2D eigenvalue weighted by Crippen LogP contribution is -2.62. The van der Waals surface area contributed by atoms with Crippen molar-refractivity contribution < 1.29 is 62.6 Å². The van der Waals surface area contributed by atoms with Crippen LogP contribution in [0.3, 0.4) is 0 Å². The van der Waals surface area contributed by atoms with Crippen LogP contribution in [0, 0.1) is 41.4 Å². The normalized spacial score (nSPS) is 28.5. The number of aliphatic hydroxyl groups is 1. The number of amides is 10. The van der Waals surface area contributed by atoms with Gasteiger partial charge >= 0.3 is 5.97 Å². The molecule has 0 saturated carbocycles. The van der Waals surface area contributed by atoms with Gasteiger partial charge in [0.2, 0.25) is 53.2 Å². The Bertz CT molecular complexity index is 2370. The van der Waals surface area contributed by atoms with Gasteiger partial charge in [-0.15, -0.1) is 0 Å². The van der Waals surface area contributed by atoms with E-state index in [9.17, 15) is 43.5 Å². The highest BCUT2D eigenvalue weighted by molar-refractivity contribution is 5.99. The average Bonchev–Trinajstić information content (AvgIpc) is 4.39. The Labute approximate surface area is 499 Å². The minimum Gasteiger partial charge on any atom is -0.459 e. The van der Waals surface area contributed by atoms with Crippen molar-refractivity contribution >= 4 is 65.0 Å². The molecule has 84 heavy (non-hydrogen) atoms. The molecule has 0 aromatic heterocycles. The number of hydrogen-bond donors (Lipinski definition) is 4. The van der Waals surface area contributed by atoms with Crippen LogP contribution < -0.4 is 16.0 Å². The first-order valence-electron chi connectivity index (χ1n) is 30.9. The van der Waals surface area contributed by atoms with Crippen LogP contribution in [-0.4, -0.2) is 225 Å². The lowest BCUT2D eigenvalue weighted by atomic mass is 9.97. The van der Waals surface area contributed by atoms with Gasteiger partial charge < -0.3 is 60.1 Å². The molecule has 4 N–H and O–H groups in total. The maximum Gasteiger partial charge on any atom is 0.325 e. The second-order valence-electron chi connectivity index (χ2n) is 26.4. The number of cyclic esters (lactones) is 1. The van der Waals surface area contributed by atoms with Gasteiger partial charge in [-0.25, -0.2) is 0 Å². The summed E-state index contributed by atoms with van der Waals surface area (Å²) in [5.74, 6) is -8.61. The van der Waals surface area contributed by atoms with E-state index in [1.54, 1.807) is 34.6 Å². The maximum absolute atomic E-state index is 15.3. The van der Waals surface area contributed by atoms with Gasteiger partial charge in [0.15, 0.2) is 0 Å². The summed E-state index contributed by atoms with van der Waals surface area (Å²) in [6, 6.07) is -10.5. The van der Waals surface area contributed by atoms with Gasteiger partial charge in [-0.1, -0.05) is 96.4 Å². The molecule has 0 spiro atoms. The second-order valence-corrected chi connectivity index (χ2v) is 26.4. The molecule has 0 bridgehead atoms. The maximum atomic E-state index is 15.3. The van der Waals surface area contributed by atoms with Gasteiger partial charge in [0.05, 0.1) is 0 Å². The van der Waals surface area contributed by atoms with Crippen molar-refractivity contribution in [1.82, 2.24) is 50.2 Å². The molecule has 4 saturated heterocycles. The van der Waals surface area contributed by atoms with E-state index in [0.29, 0.717) is 25.7 Å². The Morgan fingerprint density at radius 1 is 0.714 bits per heavy atom. The van der Waals surface area contributed by atoms with E-state index in [2.05, 4.69) is 16.0 Å². The third-order valence-corrected chi connectivity index (χ3v) is 17.4. The lowest BCUT2D eigenvalue weighted by molar-refractivity contribution is -0.161. The fraction of sp³-hybridized carbons (Fsp3) is 0.820. The molecule has 23 nitrogen and oxygen atoms in total. The number of carbonyl (C=O) groups excluding carboxylic acids is 11. The van der Waals surface area contributed by atoms with Crippen molar-refractivity contribution in [3.8, 4) is 0 Å². The number of hydrogen-bond acceptors (Lipinski definition) is 13. The van der Waals surface area contributed by atoms with Gasteiger partial charge in [-0.05, 0) is 106 Å². The molecule has 4 aliphatic heterocycles. The molecule has 4 fully saturated rings. The van der Waals surface area contributed by atoms with E-state index in [-0.39, 0.29) is 87.7 Å². The molecule has 4 rings (SSSR count). The van der Waals surface area contributed by atoms with Gasteiger partial charge in [0.25, 0.3) is 5.91 Å². The van der Waals surface area contributed by atoms with E-state index in [1.165, 1.54) is 64.5 Å². The van der Waals surface area contributed by atoms with Crippen molar-refractivity contribution in [2.75, 3.05) is 54.4 Å². The molecule has 0 aliphatic carbocycles. The lowest BCUT2D eigenvalue weighted by Gasteiger charge is -2.38. The molecule has 0 aromatic rings. The van der Waals surface area contributed by atoms with Crippen LogP contribution >= 0.6 is 0 Å². The van der Waals surface area contributed by atoms with Gasteiger partial charge in [0.1, 0.15) is 73.1 Å². The highest BCUT2D eigenvalue weighted by atomic mass is 16.5. The zero-order valence-electron chi connectivity index (χ0n) is 53.8. The molecule has 10 amide bonds. The van der Waals surface area contributed by atoms with Gasteiger partial charge in [-0.3, -0.25) is 52.7 Å². The number of likely N-dealkylation sites (N-methyl/N-ethyl adjacent to an activating group) is 4. The Hall–Kier alpha value is -5.87. The smallest absolute Gasteiger partial charge is 0.325 e. The predicted molar refractivity (Wildman–Crippen MR) is 316 cm³/mol. The monoisotopic (exact) mass is 1180 g/mol. The summed E-state index contributed by atoms with van der Waals surface area (Å²) in [6.07, 6.45) is 0.0268. The Kier molecular flexibility index (Phi) is 26.0. The van der Waals surface area contributed by atoms with E-state index in [0.717, 1.165) is 4.90 Å². The molecule has 23 heteroatoms. The van der Waals surface area contributed by atoms with Crippen LogP contribution in [0.25, 0.3) is 0 Å². The first-order valence-corrected chi connectivity index (χ1v) is 30.9. The molecule has 3 unspecified atom stereocenters. The number of likely N-dealkylation sites (tertiary alicyclic amines) is 1. The summed E-state index contributed by atoms with van der Waals surface area (Å²) in [4.78, 5) is 171. The third kappa shape index (κ3) is 17.2. The highest BCUT2D eigenvalue weighted by Gasteiger charge is 2.50. The van der Waals surface area contributed by atoms with Crippen molar-refractivity contribution in [1.29, 1.82) is 0 Å². The fourth-order valence-corrected chi connectivity index (χ4v) is 12.7. The quantitative estimate of drug-likeness (QED) is 0.162. The van der Waals surface area contributed by atoms with E-state index >= 15 is 14.4 Å². The minimum absolute atomic E-state index is 0.0737. The summed E-state index contributed by atoms with van der Waals surface area (Å²) < 4.78 is 5.95. The van der Waals surface area contributed by atoms with Crippen LogP contribution in [0.4, 0.5) is 0 Å². The number of nitrogens with zero attached hydrogens (tertiary/aromatic N) is 7. The van der Waals surface area contributed by atoms with Crippen LogP contribution in [0.2, 0.25) is 0 Å². The SMILES string of the molecule is CCC1C[C@@H](C(=O)N(C)[C@@H]2C(=O)N[C@H](CC(C)C)C(=O)N3CC(C)C[C@H]3C(=O)N[C@@H](CCC(C)C)C(=O)N(C)[C@H](C(C)C)C(=O)N3CCC[C@H]3C(=O)N(C)[C@H](CC(C)C)C(=O)NCC(=O)O[C@H]2C)N(C(=O)[C@H](C(C)C)N(C)C(=O)C(O)CC)C1. The fourth-order valence-electron chi connectivity index (χ4n) is 12.7. The Morgan fingerprint density at radius 2 is 1.33 bits per heavy atom. The number of nitrogens with one attached hydrogen (secondary N) is 3. The number of carbonyl (C=O) groups is 11. The predicted octanol–water partition coefficient (Wildman–Crippen LogP) is 2.79. The molecule has 4 heterocycles. The first-order chi connectivity index (χ1) is 39.2. The van der Waals surface area contributed by atoms with Crippen molar-refractivity contribution in [2.24, 2.45) is 41.4 Å². The van der Waals surface area contributed by atoms with Crippen LogP contribution in [-0.2, 0) is 57.5 Å². The zero-order valence-corrected chi connectivity index (χ0v) is 53.8. The van der Waals surface area contributed by atoms with Crippen LogP contribution in [0.5, 0.6) is 0 Å².